The summed E-state index contributed by atoms with van der Waals surface area (Å²) in [5.41, 5.74) is 0.996. The van der Waals surface area contributed by atoms with E-state index < -0.39 is 17.9 Å². The van der Waals surface area contributed by atoms with Gasteiger partial charge in [-0.05, 0) is 31.5 Å². The minimum absolute atomic E-state index is 0.287. The summed E-state index contributed by atoms with van der Waals surface area (Å²) < 4.78 is 0.955. The van der Waals surface area contributed by atoms with Gasteiger partial charge in [0.1, 0.15) is 0 Å². The molecule has 2 amide bonds. The highest BCUT2D eigenvalue weighted by atomic mass is 79.9. The zero-order valence-electron chi connectivity index (χ0n) is 11.8. The van der Waals surface area contributed by atoms with Crippen LogP contribution in [0, 0.1) is 5.92 Å². The molecule has 0 saturated carbocycles. The normalized spacial score (nSPS) is 13.4. The maximum absolute atomic E-state index is 12.0. The first-order valence-corrected chi connectivity index (χ1v) is 7.09. The molecule has 0 aliphatic heterocycles. The number of hydrogen-bond donors (Lipinski definition) is 2. The molecule has 1 aromatic rings. The van der Waals surface area contributed by atoms with Crippen molar-refractivity contribution >= 4 is 27.9 Å². The van der Waals surface area contributed by atoms with Crippen molar-refractivity contribution in [3.05, 3.63) is 34.3 Å². The average molecular weight is 343 g/mol. The fourth-order valence-electron chi connectivity index (χ4n) is 1.62. The Labute approximate surface area is 127 Å². The van der Waals surface area contributed by atoms with Gasteiger partial charge in [0.15, 0.2) is 0 Å². The van der Waals surface area contributed by atoms with Crippen molar-refractivity contribution in [2.24, 2.45) is 5.92 Å². The number of amides is 2. The number of nitrogens with zero attached hydrogens (tertiary/aromatic N) is 1. The molecular formula is C14H19BrN2O3. The highest BCUT2D eigenvalue weighted by Gasteiger charge is 2.22. The lowest BCUT2D eigenvalue weighted by atomic mass is 10.0. The van der Waals surface area contributed by atoms with Crippen LogP contribution in [0.1, 0.15) is 19.4 Å². The molecule has 0 radical (unpaired) electrons. The first kappa shape index (κ1) is 16.5. The highest BCUT2D eigenvalue weighted by molar-refractivity contribution is 9.10. The number of benzene rings is 1. The van der Waals surface area contributed by atoms with E-state index in [4.69, 9.17) is 5.11 Å². The summed E-state index contributed by atoms with van der Waals surface area (Å²) in [5, 5.41) is 11.6. The molecule has 5 nitrogen and oxygen atoms in total. The highest BCUT2D eigenvalue weighted by Crippen LogP contribution is 2.13. The first-order chi connectivity index (χ1) is 9.31. The number of urea groups is 1. The van der Waals surface area contributed by atoms with Crippen LogP contribution in [-0.4, -0.2) is 35.1 Å². The molecular weight excluding hydrogens is 324 g/mol. The van der Waals surface area contributed by atoms with Gasteiger partial charge in [-0.1, -0.05) is 28.1 Å². The molecule has 0 bridgehead atoms. The van der Waals surface area contributed by atoms with Crippen molar-refractivity contribution in [1.82, 2.24) is 10.2 Å². The number of aliphatic carboxylic acids is 1. The molecule has 2 N–H and O–H groups in total. The Bertz CT molecular complexity index is 493. The van der Waals surface area contributed by atoms with E-state index >= 15 is 0 Å². The van der Waals surface area contributed by atoms with E-state index in [0.29, 0.717) is 6.54 Å². The molecule has 0 spiro atoms. The molecule has 0 fully saturated rings. The van der Waals surface area contributed by atoms with Crippen LogP contribution in [0.2, 0.25) is 0 Å². The van der Waals surface area contributed by atoms with E-state index in [9.17, 15) is 9.59 Å². The van der Waals surface area contributed by atoms with Gasteiger partial charge in [-0.25, -0.2) is 4.79 Å². The summed E-state index contributed by atoms with van der Waals surface area (Å²) >= 11 is 3.38. The van der Waals surface area contributed by atoms with Crippen molar-refractivity contribution < 1.29 is 14.7 Å². The second-order valence-corrected chi connectivity index (χ2v) is 5.77. The fourth-order valence-corrected chi connectivity index (χ4v) is 2.07. The van der Waals surface area contributed by atoms with Crippen LogP contribution in [-0.2, 0) is 11.3 Å². The van der Waals surface area contributed by atoms with E-state index in [2.05, 4.69) is 21.2 Å². The molecule has 1 rings (SSSR count). The van der Waals surface area contributed by atoms with E-state index in [0.717, 1.165) is 10.0 Å². The smallest absolute Gasteiger partial charge is 0.317 e. The minimum Gasteiger partial charge on any atom is -0.481 e. The number of halogens is 1. The van der Waals surface area contributed by atoms with Crippen LogP contribution in [0.4, 0.5) is 4.79 Å². The summed E-state index contributed by atoms with van der Waals surface area (Å²) in [6.45, 7) is 3.71. The maximum atomic E-state index is 12.0. The van der Waals surface area contributed by atoms with E-state index in [1.54, 1.807) is 20.9 Å². The van der Waals surface area contributed by atoms with Crippen LogP contribution < -0.4 is 5.32 Å². The summed E-state index contributed by atoms with van der Waals surface area (Å²) in [7, 11) is 1.67. The molecule has 0 heterocycles. The topological polar surface area (TPSA) is 69.6 Å². The lowest BCUT2D eigenvalue weighted by Gasteiger charge is -2.23. The van der Waals surface area contributed by atoms with Crippen LogP contribution >= 0.6 is 15.9 Å². The average Bonchev–Trinajstić information content (AvgIpc) is 2.37. The van der Waals surface area contributed by atoms with Crippen molar-refractivity contribution in [2.45, 2.75) is 26.4 Å². The molecule has 1 aromatic carbocycles. The molecule has 6 heteroatoms. The van der Waals surface area contributed by atoms with E-state index in [1.807, 2.05) is 24.3 Å². The van der Waals surface area contributed by atoms with E-state index in [1.165, 1.54) is 4.90 Å². The van der Waals surface area contributed by atoms with Gasteiger partial charge >= 0.3 is 12.0 Å². The summed E-state index contributed by atoms with van der Waals surface area (Å²) in [5.74, 6) is -1.55. The minimum atomic E-state index is -0.924. The van der Waals surface area contributed by atoms with Crippen LogP contribution in [0.15, 0.2) is 28.7 Å². The molecule has 20 heavy (non-hydrogen) atoms. The fraction of sp³-hybridized carbons (Fsp3) is 0.429. The van der Waals surface area contributed by atoms with Gasteiger partial charge in [-0.2, -0.15) is 0 Å². The van der Waals surface area contributed by atoms with Crippen LogP contribution in [0.3, 0.4) is 0 Å². The number of carbonyl (C=O) groups excluding carboxylic acids is 1. The molecule has 110 valence electrons. The molecule has 2 atom stereocenters. The Balaban J connectivity index is 2.57. The molecule has 0 aliphatic rings. The lowest BCUT2D eigenvalue weighted by Crippen LogP contribution is -2.45. The lowest BCUT2D eigenvalue weighted by molar-refractivity contribution is -0.141. The molecule has 2 unspecified atom stereocenters. The zero-order valence-corrected chi connectivity index (χ0v) is 13.3. The van der Waals surface area contributed by atoms with Gasteiger partial charge in [0.25, 0.3) is 0 Å². The van der Waals surface area contributed by atoms with Gasteiger partial charge < -0.3 is 15.3 Å². The summed E-state index contributed by atoms with van der Waals surface area (Å²) in [6.07, 6.45) is 0. The Morgan fingerprint density at radius 1 is 1.40 bits per heavy atom. The van der Waals surface area contributed by atoms with E-state index in [-0.39, 0.29) is 6.03 Å². The third-order valence-electron chi connectivity index (χ3n) is 3.15. The molecule has 0 saturated heterocycles. The SMILES string of the molecule is CC(NC(=O)N(C)Cc1cccc(Br)c1)C(C)C(=O)O. The Morgan fingerprint density at radius 2 is 2.05 bits per heavy atom. The van der Waals surface area contributed by atoms with Crippen LogP contribution in [0.5, 0.6) is 0 Å². The number of nitrogens with one attached hydrogen (secondary N) is 1. The Hall–Kier alpha value is -1.56. The Kier molecular flexibility index (Phi) is 6.01. The van der Waals surface area contributed by atoms with Crippen LogP contribution in [0.25, 0.3) is 0 Å². The molecule has 0 aromatic heterocycles. The standard InChI is InChI=1S/C14H19BrN2O3/c1-9(13(18)19)10(2)16-14(20)17(3)8-11-5-4-6-12(15)7-11/h4-7,9-10H,8H2,1-3H3,(H,16,20)(H,18,19). The van der Waals surface area contributed by atoms with Crippen molar-refractivity contribution in [2.75, 3.05) is 7.05 Å². The number of rotatable bonds is 5. The third kappa shape index (κ3) is 4.85. The molecule has 0 aliphatic carbocycles. The number of carbonyl (C=O) groups is 2. The largest absolute Gasteiger partial charge is 0.481 e. The van der Waals surface area contributed by atoms with Crippen molar-refractivity contribution in [1.29, 1.82) is 0 Å². The van der Waals surface area contributed by atoms with Gasteiger partial charge in [-0.3, -0.25) is 4.79 Å². The van der Waals surface area contributed by atoms with Crippen molar-refractivity contribution in [3.8, 4) is 0 Å². The number of carboxylic acids is 1. The maximum Gasteiger partial charge on any atom is 0.317 e. The number of carboxylic acid groups (broad SMARTS) is 1. The first-order valence-electron chi connectivity index (χ1n) is 6.30. The third-order valence-corrected chi connectivity index (χ3v) is 3.64. The van der Waals surface area contributed by atoms with Crippen molar-refractivity contribution in [3.63, 3.8) is 0 Å². The monoisotopic (exact) mass is 342 g/mol. The summed E-state index contributed by atoms with van der Waals surface area (Å²) in [4.78, 5) is 24.4. The van der Waals surface area contributed by atoms with Gasteiger partial charge in [0, 0.05) is 24.1 Å². The van der Waals surface area contributed by atoms with Gasteiger partial charge in [-0.15, -0.1) is 0 Å². The van der Waals surface area contributed by atoms with Gasteiger partial charge in [0.05, 0.1) is 5.92 Å². The predicted molar refractivity (Wildman–Crippen MR) is 80.4 cm³/mol. The predicted octanol–water partition coefficient (Wildman–Crippen LogP) is 2.70. The zero-order chi connectivity index (χ0) is 15.3. The summed E-state index contributed by atoms with van der Waals surface area (Å²) in [6, 6.07) is 6.97. The van der Waals surface area contributed by atoms with Gasteiger partial charge in [0.2, 0.25) is 0 Å². The Morgan fingerprint density at radius 3 is 2.60 bits per heavy atom. The number of hydrogen-bond acceptors (Lipinski definition) is 2. The second-order valence-electron chi connectivity index (χ2n) is 4.85. The second kappa shape index (κ2) is 7.28. The quantitative estimate of drug-likeness (QED) is 0.864.